The summed E-state index contributed by atoms with van der Waals surface area (Å²) in [5, 5.41) is 3.66. The van der Waals surface area contributed by atoms with Gasteiger partial charge in [0.05, 0.1) is 0 Å². The molecule has 0 saturated carbocycles. The van der Waals surface area contributed by atoms with Gasteiger partial charge in [0, 0.05) is 12.5 Å². The molecule has 0 aliphatic carbocycles. The maximum Gasteiger partial charge on any atom is 0.0117 e. The van der Waals surface area contributed by atoms with Gasteiger partial charge in [0.15, 0.2) is 0 Å². The Balaban J connectivity index is 2.67. The van der Waals surface area contributed by atoms with Crippen LogP contribution in [0.1, 0.15) is 49.8 Å². The lowest BCUT2D eigenvalue weighted by molar-refractivity contribution is 0.482. The van der Waals surface area contributed by atoms with Gasteiger partial charge in [0.2, 0.25) is 0 Å². The van der Waals surface area contributed by atoms with E-state index in [-0.39, 0.29) is 0 Å². The van der Waals surface area contributed by atoms with Crippen molar-refractivity contribution in [2.45, 2.75) is 59.4 Å². The SMILES string of the molecule is CC#CCCC(Cc1cc(C)ccc1C)NCCC. The largest absolute Gasteiger partial charge is 0.314 e. The van der Waals surface area contributed by atoms with Crippen LogP contribution in [0.4, 0.5) is 0 Å². The van der Waals surface area contributed by atoms with Crippen LogP contribution in [0.3, 0.4) is 0 Å². The Morgan fingerprint density at radius 3 is 2.74 bits per heavy atom. The summed E-state index contributed by atoms with van der Waals surface area (Å²) in [6.45, 7) is 9.60. The zero-order valence-corrected chi connectivity index (χ0v) is 12.8. The molecule has 1 N–H and O–H groups in total. The molecule has 1 unspecified atom stereocenters. The van der Waals surface area contributed by atoms with Gasteiger partial charge in [-0.15, -0.1) is 11.8 Å². The lowest BCUT2D eigenvalue weighted by Crippen LogP contribution is -2.32. The van der Waals surface area contributed by atoms with E-state index in [1.807, 2.05) is 6.92 Å². The minimum atomic E-state index is 0.543. The molecule has 19 heavy (non-hydrogen) atoms. The number of aryl methyl sites for hydroxylation is 2. The molecule has 0 bridgehead atoms. The van der Waals surface area contributed by atoms with Gasteiger partial charge < -0.3 is 5.32 Å². The first kappa shape index (κ1) is 15.8. The topological polar surface area (TPSA) is 12.0 Å². The first-order chi connectivity index (χ1) is 9.17. The maximum atomic E-state index is 3.66. The lowest BCUT2D eigenvalue weighted by atomic mass is 9.96. The van der Waals surface area contributed by atoms with Crippen LogP contribution in [0.15, 0.2) is 18.2 Å². The normalized spacial score (nSPS) is 11.8. The quantitative estimate of drug-likeness (QED) is 0.728. The van der Waals surface area contributed by atoms with E-state index in [0.29, 0.717) is 6.04 Å². The summed E-state index contributed by atoms with van der Waals surface area (Å²) in [7, 11) is 0. The van der Waals surface area contributed by atoms with E-state index < -0.39 is 0 Å². The van der Waals surface area contributed by atoms with Gasteiger partial charge in [-0.2, -0.15) is 0 Å². The third-order valence-corrected chi connectivity index (χ3v) is 3.45. The molecule has 1 rings (SSSR count). The molecule has 0 fully saturated rings. The Bertz CT molecular complexity index is 437. The Labute approximate surface area is 118 Å². The summed E-state index contributed by atoms with van der Waals surface area (Å²) in [6, 6.07) is 7.28. The Morgan fingerprint density at radius 1 is 1.26 bits per heavy atom. The highest BCUT2D eigenvalue weighted by atomic mass is 14.9. The van der Waals surface area contributed by atoms with Gasteiger partial charge in [-0.1, -0.05) is 30.7 Å². The fourth-order valence-corrected chi connectivity index (χ4v) is 2.28. The van der Waals surface area contributed by atoms with Crippen molar-refractivity contribution < 1.29 is 0 Å². The van der Waals surface area contributed by atoms with Crippen LogP contribution in [-0.4, -0.2) is 12.6 Å². The van der Waals surface area contributed by atoms with E-state index in [1.165, 1.54) is 23.1 Å². The Morgan fingerprint density at radius 2 is 2.05 bits per heavy atom. The van der Waals surface area contributed by atoms with Crippen LogP contribution in [-0.2, 0) is 6.42 Å². The predicted molar refractivity (Wildman–Crippen MR) is 84.4 cm³/mol. The summed E-state index contributed by atoms with van der Waals surface area (Å²) >= 11 is 0. The standard InChI is InChI=1S/C18H27N/c1-5-7-8-9-18(19-12-6-2)14-17-13-15(3)10-11-16(17)4/h10-11,13,18-19H,6,8-9,12,14H2,1-4H3. The second kappa shape index (κ2) is 8.77. The number of hydrogen-bond donors (Lipinski definition) is 1. The van der Waals surface area contributed by atoms with Crippen molar-refractivity contribution >= 4 is 0 Å². The summed E-state index contributed by atoms with van der Waals surface area (Å²) in [4.78, 5) is 0. The van der Waals surface area contributed by atoms with Crippen LogP contribution in [0, 0.1) is 25.7 Å². The molecule has 1 aromatic carbocycles. The van der Waals surface area contributed by atoms with Crippen molar-refractivity contribution in [1.82, 2.24) is 5.32 Å². The third-order valence-electron chi connectivity index (χ3n) is 3.45. The second-order valence-corrected chi connectivity index (χ2v) is 5.25. The van der Waals surface area contributed by atoms with E-state index in [1.54, 1.807) is 0 Å². The molecule has 0 aliphatic rings. The summed E-state index contributed by atoms with van der Waals surface area (Å²) in [6.07, 6.45) is 4.42. The van der Waals surface area contributed by atoms with Gasteiger partial charge in [0.25, 0.3) is 0 Å². The van der Waals surface area contributed by atoms with Crippen molar-refractivity contribution in [3.05, 3.63) is 34.9 Å². The van der Waals surface area contributed by atoms with E-state index in [4.69, 9.17) is 0 Å². The fourth-order valence-electron chi connectivity index (χ4n) is 2.28. The lowest BCUT2D eigenvalue weighted by Gasteiger charge is -2.19. The van der Waals surface area contributed by atoms with E-state index >= 15 is 0 Å². The van der Waals surface area contributed by atoms with E-state index in [2.05, 4.69) is 56.1 Å². The first-order valence-corrected chi connectivity index (χ1v) is 7.36. The summed E-state index contributed by atoms with van der Waals surface area (Å²) in [5.74, 6) is 6.16. The zero-order chi connectivity index (χ0) is 14.1. The monoisotopic (exact) mass is 257 g/mol. The molecule has 0 radical (unpaired) electrons. The molecule has 1 atom stereocenters. The molecule has 1 nitrogen and oxygen atoms in total. The van der Waals surface area contributed by atoms with Crippen LogP contribution in [0.2, 0.25) is 0 Å². The maximum absolute atomic E-state index is 3.66. The van der Waals surface area contributed by atoms with E-state index in [0.717, 1.165) is 25.8 Å². The van der Waals surface area contributed by atoms with Crippen molar-refractivity contribution in [2.75, 3.05) is 6.54 Å². The van der Waals surface area contributed by atoms with Crippen LogP contribution >= 0.6 is 0 Å². The fraction of sp³-hybridized carbons (Fsp3) is 0.556. The van der Waals surface area contributed by atoms with Crippen molar-refractivity contribution in [1.29, 1.82) is 0 Å². The first-order valence-electron chi connectivity index (χ1n) is 7.36. The molecular weight excluding hydrogens is 230 g/mol. The number of hydrogen-bond acceptors (Lipinski definition) is 1. The van der Waals surface area contributed by atoms with Gasteiger partial charge in [-0.05, 0) is 57.7 Å². The third kappa shape index (κ3) is 5.94. The Kier molecular flexibility index (Phi) is 7.30. The van der Waals surface area contributed by atoms with Gasteiger partial charge >= 0.3 is 0 Å². The van der Waals surface area contributed by atoms with Crippen LogP contribution in [0.25, 0.3) is 0 Å². The van der Waals surface area contributed by atoms with Crippen molar-refractivity contribution in [3.63, 3.8) is 0 Å². The molecule has 104 valence electrons. The van der Waals surface area contributed by atoms with Crippen molar-refractivity contribution in [3.8, 4) is 11.8 Å². The number of benzene rings is 1. The smallest absolute Gasteiger partial charge is 0.0117 e. The zero-order valence-electron chi connectivity index (χ0n) is 12.8. The molecule has 0 aliphatic heterocycles. The molecule has 0 saturated heterocycles. The molecule has 0 amide bonds. The van der Waals surface area contributed by atoms with Gasteiger partial charge in [0.1, 0.15) is 0 Å². The predicted octanol–water partition coefficient (Wildman–Crippen LogP) is 4.02. The molecule has 0 spiro atoms. The molecule has 1 heteroatoms. The number of rotatable bonds is 7. The van der Waals surface area contributed by atoms with E-state index in [9.17, 15) is 0 Å². The minimum absolute atomic E-state index is 0.543. The highest BCUT2D eigenvalue weighted by molar-refractivity contribution is 5.31. The van der Waals surface area contributed by atoms with Gasteiger partial charge in [-0.3, -0.25) is 0 Å². The highest BCUT2D eigenvalue weighted by Gasteiger charge is 2.10. The van der Waals surface area contributed by atoms with Gasteiger partial charge in [-0.25, -0.2) is 0 Å². The molecule has 1 aromatic rings. The number of nitrogens with one attached hydrogen (secondary N) is 1. The summed E-state index contributed by atoms with van der Waals surface area (Å²) in [5.41, 5.74) is 4.22. The van der Waals surface area contributed by atoms with Crippen molar-refractivity contribution in [2.24, 2.45) is 0 Å². The highest BCUT2D eigenvalue weighted by Crippen LogP contribution is 2.14. The van der Waals surface area contributed by atoms with Crippen LogP contribution < -0.4 is 5.32 Å². The molecule has 0 heterocycles. The second-order valence-electron chi connectivity index (χ2n) is 5.25. The molecule has 0 aromatic heterocycles. The minimum Gasteiger partial charge on any atom is -0.314 e. The molecular formula is C18H27N. The van der Waals surface area contributed by atoms with Crippen LogP contribution in [0.5, 0.6) is 0 Å². The average molecular weight is 257 g/mol. The summed E-state index contributed by atoms with van der Waals surface area (Å²) < 4.78 is 0. The Hall–Kier alpha value is -1.26. The average Bonchev–Trinajstić information content (AvgIpc) is 2.40.